The Kier molecular flexibility index (Phi) is 5.69. The number of esters is 1. The molecule has 128 valence electrons. The zero-order valence-corrected chi connectivity index (χ0v) is 14.1. The van der Waals surface area contributed by atoms with Crippen LogP contribution in [0.25, 0.3) is 0 Å². The summed E-state index contributed by atoms with van der Waals surface area (Å²) in [7, 11) is 0. The van der Waals surface area contributed by atoms with E-state index in [-0.39, 0.29) is 19.2 Å². The Balaban J connectivity index is 1.55. The molecule has 25 heavy (non-hydrogen) atoms. The van der Waals surface area contributed by atoms with E-state index in [2.05, 4.69) is 5.16 Å². The van der Waals surface area contributed by atoms with E-state index >= 15 is 0 Å². The zero-order chi connectivity index (χ0) is 17.5. The highest BCUT2D eigenvalue weighted by atomic mass is 35.5. The quantitative estimate of drug-likeness (QED) is 0.464. The summed E-state index contributed by atoms with van der Waals surface area (Å²) < 4.78 is 16.1. The molecule has 0 unspecified atom stereocenters. The molecule has 0 atom stereocenters. The molecule has 0 saturated heterocycles. The van der Waals surface area contributed by atoms with Crippen molar-refractivity contribution in [3.63, 3.8) is 0 Å². The lowest BCUT2D eigenvalue weighted by Gasteiger charge is -2.08. The van der Waals surface area contributed by atoms with E-state index in [1.54, 1.807) is 30.3 Å². The minimum atomic E-state index is -0.359. The summed E-state index contributed by atoms with van der Waals surface area (Å²) in [6.07, 6.45) is 0. The molecule has 3 aromatic rings. The number of hydrogen-bond acceptors (Lipinski definition) is 5. The molecule has 5 nitrogen and oxygen atoms in total. The first-order chi connectivity index (χ1) is 12.2. The van der Waals surface area contributed by atoms with Crippen LogP contribution in [0.15, 0.2) is 65.2 Å². The second-order valence-electron chi connectivity index (χ2n) is 5.30. The average Bonchev–Trinajstić information content (AvgIpc) is 3.14. The van der Waals surface area contributed by atoms with Gasteiger partial charge < -0.3 is 14.0 Å². The van der Waals surface area contributed by atoms with E-state index in [1.807, 2.05) is 30.3 Å². The normalized spacial score (nSPS) is 10.4. The number of hydrogen-bond donors (Lipinski definition) is 0. The van der Waals surface area contributed by atoms with Gasteiger partial charge in [0.15, 0.2) is 5.76 Å². The molecule has 1 aromatic heterocycles. The molecule has 0 amide bonds. The number of ether oxygens (including phenoxy) is 2. The van der Waals surface area contributed by atoms with Crippen molar-refractivity contribution in [3.05, 3.63) is 83.2 Å². The summed E-state index contributed by atoms with van der Waals surface area (Å²) in [5, 5.41) is 3.80. The summed E-state index contributed by atoms with van der Waals surface area (Å²) in [6, 6.07) is 18.0. The molecule has 3 rings (SSSR count). The van der Waals surface area contributed by atoms with Gasteiger partial charge >= 0.3 is 5.97 Å². The average molecular weight is 358 g/mol. The Morgan fingerprint density at radius 1 is 1.04 bits per heavy atom. The first-order valence-electron chi connectivity index (χ1n) is 7.69. The Hall–Kier alpha value is -2.79. The van der Waals surface area contributed by atoms with E-state index < -0.39 is 0 Å². The smallest absolute Gasteiger partial charge is 0.338 e. The van der Waals surface area contributed by atoms with Gasteiger partial charge in [0.1, 0.15) is 19.0 Å². The van der Waals surface area contributed by atoms with Crippen molar-refractivity contribution in [2.75, 3.05) is 0 Å². The fourth-order valence-electron chi connectivity index (χ4n) is 2.17. The monoisotopic (exact) mass is 357 g/mol. The number of aromatic nitrogens is 1. The van der Waals surface area contributed by atoms with Gasteiger partial charge in [-0.05, 0) is 29.8 Å². The Labute approximate surface area is 150 Å². The summed E-state index contributed by atoms with van der Waals surface area (Å²) in [5.74, 6) is 1.18. The van der Waals surface area contributed by atoms with Crippen LogP contribution < -0.4 is 4.74 Å². The number of benzene rings is 2. The van der Waals surface area contributed by atoms with Gasteiger partial charge in [0.25, 0.3) is 0 Å². The van der Waals surface area contributed by atoms with Crippen LogP contribution in [0.3, 0.4) is 0 Å². The molecule has 0 aliphatic rings. The van der Waals surface area contributed by atoms with Crippen LogP contribution in [0.2, 0.25) is 0 Å². The number of carbonyl (C=O) groups excluding carboxylic acids is 1. The number of nitrogens with zero attached hydrogens (tertiary/aromatic N) is 1. The van der Waals surface area contributed by atoms with E-state index in [9.17, 15) is 4.79 Å². The zero-order valence-electron chi connectivity index (χ0n) is 13.4. The van der Waals surface area contributed by atoms with Crippen LogP contribution in [-0.2, 0) is 23.8 Å². The van der Waals surface area contributed by atoms with E-state index in [0.717, 1.165) is 5.56 Å². The van der Waals surface area contributed by atoms with Gasteiger partial charge in [-0.2, -0.15) is 0 Å². The molecule has 0 N–H and O–H groups in total. The van der Waals surface area contributed by atoms with Crippen molar-refractivity contribution < 1.29 is 18.8 Å². The van der Waals surface area contributed by atoms with Crippen molar-refractivity contribution in [2.45, 2.75) is 19.1 Å². The second kappa shape index (κ2) is 8.35. The van der Waals surface area contributed by atoms with Gasteiger partial charge in [0.2, 0.25) is 0 Å². The highest BCUT2D eigenvalue weighted by Crippen LogP contribution is 2.17. The number of rotatable bonds is 7. The lowest BCUT2D eigenvalue weighted by atomic mass is 10.2. The van der Waals surface area contributed by atoms with Crippen LogP contribution in [-0.4, -0.2) is 11.1 Å². The molecule has 0 bridgehead atoms. The van der Waals surface area contributed by atoms with Gasteiger partial charge in [0, 0.05) is 6.07 Å². The molecule has 0 saturated carbocycles. The van der Waals surface area contributed by atoms with Gasteiger partial charge in [-0.25, -0.2) is 4.79 Å². The van der Waals surface area contributed by atoms with Crippen molar-refractivity contribution in [3.8, 4) is 5.75 Å². The second-order valence-corrected chi connectivity index (χ2v) is 5.56. The minimum absolute atomic E-state index is 0.170. The van der Waals surface area contributed by atoms with Crippen LogP contribution in [0.5, 0.6) is 5.75 Å². The van der Waals surface area contributed by atoms with Gasteiger partial charge in [0.05, 0.1) is 17.1 Å². The molecule has 0 spiro atoms. The molecule has 0 aliphatic heterocycles. The van der Waals surface area contributed by atoms with Gasteiger partial charge in [-0.3, -0.25) is 0 Å². The van der Waals surface area contributed by atoms with Crippen LogP contribution in [0, 0.1) is 0 Å². The third-order valence-corrected chi connectivity index (χ3v) is 3.68. The molecule has 2 aromatic carbocycles. The van der Waals surface area contributed by atoms with Crippen molar-refractivity contribution in [1.29, 1.82) is 0 Å². The van der Waals surface area contributed by atoms with Crippen molar-refractivity contribution in [1.82, 2.24) is 5.16 Å². The minimum Gasteiger partial charge on any atom is -0.486 e. The first-order valence-corrected chi connectivity index (χ1v) is 8.22. The molecule has 0 fully saturated rings. The Bertz CT molecular complexity index is 832. The highest BCUT2D eigenvalue weighted by molar-refractivity contribution is 6.16. The van der Waals surface area contributed by atoms with Crippen molar-refractivity contribution in [2.24, 2.45) is 0 Å². The van der Waals surface area contributed by atoms with E-state index in [4.69, 9.17) is 25.6 Å². The summed E-state index contributed by atoms with van der Waals surface area (Å²) in [4.78, 5) is 12.0. The van der Waals surface area contributed by atoms with E-state index in [1.165, 1.54) is 0 Å². The number of halogens is 1. The van der Waals surface area contributed by atoms with Crippen molar-refractivity contribution >= 4 is 17.6 Å². The first kappa shape index (κ1) is 17.0. The van der Waals surface area contributed by atoms with Gasteiger partial charge in [-0.1, -0.05) is 35.5 Å². The topological polar surface area (TPSA) is 61.6 Å². The summed E-state index contributed by atoms with van der Waals surface area (Å²) >= 11 is 5.68. The molecular weight excluding hydrogens is 342 g/mol. The summed E-state index contributed by atoms with van der Waals surface area (Å²) in [6.45, 7) is 0.417. The molecule has 0 aliphatic carbocycles. The highest BCUT2D eigenvalue weighted by Gasteiger charge is 2.08. The fraction of sp³-hybridized carbons (Fsp3) is 0.158. The predicted molar refractivity (Wildman–Crippen MR) is 92.4 cm³/mol. The Morgan fingerprint density at radius 3 is 2.64 bits per heavy atom. The lowest BCUT2D eigenvalue weighted by Crippen LogP contribution is -2.05. The predicted octanol–water partition coefficient (Wildman–Crippen LogP) is 4.35. The van der Waals surface area contributed by atoms with Crippen LogP contribution in [0.1, 0.15) is 27.4 Å². The fourth-order valence-corrected chi connectivity index (χ4v) is 2.30. The third kappa shape index (κ3) is 4.84. The molecule has 0 radical (unpaired) electrons. The van der Waals surface area contributed by atoms with Gasteiger partial charge in [-0.15, -0.1) is 11.6 Å². The lowest BCUT2D eigenvalue weighted by molar-refractivity contribution is 0.0472. The number of alkyl halides is 1. The third-order valence-electron chi connectivity index (χ3n) is 3.40. The summed E-state index contributed by atoms with van der Waals surface area (Å²) in [5.41, 5.74) is 2.03. The van der Waals surface area contributed by atoms with Crippen LogP contribution in [0.4, 0.5) is 0 Å². The SMILES string of the molecule is O=C(OCc1cccc(OCc2cc(CCl)no2)c1)c1ccccc1. The maximum Gasteiger partial charge on any atom is 0.338 e. The Morgan fingerprint density at radius 2 is 1.88 bits per heavy atom. The number of carbonyl (C=O) groups is 1. The standard InChI is InChI=1S/C19H16ClNO4/c20-11-16-10-18(25-21-16)13-23-17-8-4-5-14(9-17)12-24-19(22)15-6-2-1-3-7-15/h1-10H,11-13H2. The van der Waals surface area contributed by atoms with Crippen LogP contribution >= 0.6 is 11.6 Å². The molecular formula is C19H16ClNO4. The maximum atomic E-state index is 12.0. The molecule has 1 heterocycles. The van der Waals surface area contributed by atoms with E-state index in [0.29, 0.717) is 28.6 Å². The largest absolute Gasteiger partial charge is 0.486 e. The maximum absolute atomic E-state index is 12.0. The molecule has 6 heteroatoms.